The number of amides is 1. The van der Waals surface area contributed by atoms with Crippen molar-refractivity contribution in [2.24, 2.45) is 0 Å². The zero-order valence-corrected chi connectivity index (χ0v) is 15.3. The number of anilines is 1. The molecule has 1 amide bonds. The van der Waals surface area contributed by atoms with Crippen molar-refractivity contribution in [3.8, 4) is 0 Å². The number of hydrogen-bond donors (Lipinski definition) is 2. The molecule has 1 aromatic carbocycles. The largest absolute Gasteiger partial charge is 0.455 e. The Morgan fingerprint density at radius 3 is 2.42 bits per heavy atom. The van der Waals surface area contributed by atoms with E-state index in [1.165, 1.54) is 12.1 Å². The molecular weight excluding hydrogens is 348 g/mol. The fourth-order valence-electron chi connectivity index (χ4n) is 2.01. The summed E-state index contributed by atoms with van der Waals surface area (Å²) in [5.74, 6) is 1.27. The van der Waals surface area contributed by atoms with Gasteiger partial charge in [-0.15, -0.1) is 0 Å². The fraction of sp³-hybridized carbons (Fsp3) is 0.312. The third kappa shape index (κ3) is 4.86. The van der Waals surface area contributed by atoms with Crippen molar-refractivity contribution in [2.75, 3.05) is 11.6 Å². The molecule has 0 spiro atoms. The van der Waals surface area contributed by atoms with Crippen molar-refractivity contribution in [1.29, 1.82) is 0 Å². The van der Waals surface area contributed by atoms with Crippen LogP contribution in [0.4, 0.5) is 5.69 Å². The molecule has 0 bridgehead atoms. The SMILES string of the molecule is CSCc1ccc(C(=O)Nc2ccc(S(=O)(=O)NC(C)C)cc2)o1. The molecule has 0 atom stereocenters. The van der Waals surface area contributed by atoms with Gasteiger partial charge >= 0.3 is 0 Å². The van der Waals surface area contributed by atoms with E-state index in [4.69, 9.17) is 4.42 Å². The van der Waals surface area contributed by atoms with Crippen LogP contribution in [0, 0.1) is 0 Å². The maximum absolute atomic E-state index is 12.1. The summed E-state index contributed by atoms with van der Waals surface area (Å²) in [4.78, 5) is 12.3. The van der Waals surface area contributed by atoms with E-state index in [0.29, 0.717) is 11.4 Å². The molecule has 0 saturated heterocycles. The van der Waals surface area contributed by atoms with Gasteiger partial charge in [-0.1, -0.05) is 0 Å². The Bertz CT molecular complexity index is 796. The number of nitrogens with one attached hydrogen (secondary N) is 2. The van der Waals surface area contributed by atoms with Crippen LogP contribution in [0.3, 0.4) is 0 Å². The highest BCUT2D eigenvalue weighted by atomic mass is 32.2. The fourth-order valence-corrected chi connectivity index (χ4v) is 3.70. The smallest absolute Gasteiger partial charge is 0.291 e. The van der Waals surface area contributed by atoms with Gasteiger partial charge in [0.15, 0.2) is 5.76 Å². The van der Waals surface area contributed by atoms with Crippen LogP contribution in [-0.2, 0) is 15.8 Å². The average molecular weight is 368 g/mol. The van der Waals surface area contributed by atoms with Gasteiger partial charge in [0.1, 0.15) is 5.76 Å². The number of hydrogen-bond acceptors (Lipinski definition) is 5. The normalized spacial score (nSPS) is 11.7. The topological polar surface area (TPSA) is 88.4 Å². The summed E-state index contributed by atoms with van der Waals surface area (Å²) in [6.07, 6.45) is 1.95. The lowest BCUT2D eigenvalue weighted by Crippen LogP contribution is -2.30. The predicted octanol–water partition coefficient (Wildman–Crippen LogP) is 3.08. The molecule has 2 rings (SSSR count). The maximum Gasteiger partial charge on any atom is 0.291 e. The summed E-state index contributed by atoms with van der Waals surface area (Å²) < 4.78 is 32.0. The number of furan rings is 1. The maximum atomic E-state index is 12.1. The summed E-state index contributed by atoms with van der Waals surface area (Å²) in [6.45, 7) is 3.50. The second-order valence-corrected chi connectivity index (χ2v) is 8.03. The molecule has 2 aromatic rings. The molecule has 24 heavy (non-hydrogen) atoms. The summed E-state index contributed by atoms with van der Waals surface area (Å²) in [5.41, 5.74) is 0.492. The van der Waals surface area contributed by atoms with Gasteiger partial charge < -0.3 is 9.73 Å². The Hall–Kier alpha value is -1.77. The molecule has 0 aliphatic heterocycles. The van der Waals surface area contributed by atoms with Crippen molar-refractivity contribution >= 4 is 33.4 Å². The van der Waals surface area contributed by atoms with E-state index in [9.17, 15) is 13.2 Å². The number of carbonyl (C=O) groups excluding carboxylic acids is 1. The second kappa shape index (κ2) is 7.87. The molecule has 0 aliphatic carbocycles. The Kier molecular flexibility index (Phi) is 6.09. The van der Waals surface area contributed by atoms with E-state index in [0.717, 1.165) is 5.76 Å². The van der Waals surface area contributed by atoms with Gasteiger partial charge in [-0.3, -0.25) is 4.79 Å². The van der Waals surface area contributed by atoms with E-state index in [-0.39, 0.29) is 22.6 Å². The van der Waals surface area contributed by atoms with Gasteiger partial charge in [-0.2, -0.15) is 11.8 Å². The zero-order chi connectivity index (χ0) is 17.7. The highest BCUT2D eigenvalue weighted by Gasteiger charge is 2.16. The van der Waals surface area contributed by atoms with E-state index < -0.39 is 10.0 Å². The summed E-state index contributed by atoms with van der Waals surface area (Å²) in [5, 5.41) is 2.68. The molecular formula is C16H20N2O4S2. The molecule has 0 saturated carbocycles. The molecule has 0 fully saturated rings. The molecule has 1 aromatic heterocycles. The molecule has 130 valence electrons. The molecule has 0 unspecified atom stereocenters. The first-order chi connectivity index (χ1) is 11.3. The summed E-state index contributed by atoms with van der Waals surface area (Å²) in [7, 11) is -3.54. The molecule has 0 aliphatic rings. The van der Waals surface area contributed by atoms with Crippen molar-refractivity contribution in [3.63, 3.8) is 0 Å². The quantitative estimate of drug-likeness (QED) is 0.784. The first-order valence-corrected chi connectivity index (χ1v) is 10.2. The second-order valence-electron chi connectivity index (χ2n) is 5.45. The van der Waals surface area contributed by atoms with Crippen LogP contribution in [-0.4, -0.2) is 26.6 Å². The van der Waals surface area contributed by atoms with Crippen molar-refractivity contribution in [2.45, 2.75) is 30.5 Å². The van der Waals surface area contributed by atoms with Crippen LogP contribution >= 0.6 is 11.8 Å². The van der Waals surface area contributed by atoms with Gasteiger partial charge in [0.2, 0.25) is 10.0 Å². The lowest BCUT2D eigenvalue weighted by molar-refractivity contribution is 0.0995. The van der Waals surface area contributed by atoms with Gasteiger partial charge in [0, 0.05) is 11.7 Å². The first-order valence-electron chi connectivity index (χ1n) is 7.33. The standard InChI is InChI=1S/C16H20N2O4S2/c1-11(2)18-24(20,21)14-7-4-12(5-8-14)17-16(19)15-9-6-13(22-15)10-23-3/h4-9,11,18H,10H2,1-3H3,(H,17,19). The average Bonchev–Trinajstić information content (AvgIpc) is 2.96. The molecule has 0 radical (unpaired) electrons. The van der Waals surface area contributed by atoms with E-state index >= 15 is 0 Å². The van der Waals surface area contributed by atoms with E-state index in [2.05, 4.69) is 10.0 Å². The van der Waals surface area contributed by atoms with Crippen LogP contribution in [0.2, 0.25) is 0 Å². The third-order valence-electron chi connectivity index (χ3n) is 2.99. The monoisotopic (exact) mass is 368 g/mol. The lowest BCUT2D eigenvalue weighted by atomic mass is 10.3. The van der Waals surface area contributed by atoms with Gasteiger partial charge in [0.05, 0.1) is 10.6 Å². The van der Waals surface area contributed by atoms with Gasteiger partial charge in [-0.05, 0) is 56.5 Å². The Labute approximate surface area is 146 Å². The van der Waals surface area contributed by atoms with Crippen LogP contribution in [0.5, 0.6) is 0 Å². The van der Waals surface area contributed by atoms with Gasteiger partial charge in [0.25, 0.3) is 5.91 Å². The molecule has 2 N–H and O–H groups in total. The Morgan fingerprint density at radius 2 is 1.83 bits per heavy atom. The zero-order valence-electron chi connectivity index (χ0n) is 13.7. The first kappa shape index (κ1) is 18.6. The predicted molar refractivity (Wildman–Crippen MR) is 95.8 cm³/mol. The lowest BCUT2D eigenvalue weighted by Gasteiger charge is -2.10. The van der Waals surface area contributed by atoms with Crippen LogP contribution in [0.25, 0.3) is 0 Å². The summed E-state index contributed by atoms with van der Waals surface area (Å²) >= 11 is 1.60. The number of rotatable bonds is 7. The summed E-state index contributed by atoms with van der Waals surface area (Å²) in [6, 6.07) is 9.16. The number of benzene rings is 1. The van der Waals surface area contributed by atoms with E-state index in [1.807, 2.05) is 6.26 Å². The van der Waals surface area contributed by atoms with Crippen molar-refractivity contribution in [1.82, 2.24) is 4.72 Å². The number of thioether (sulfide) groups is 1. The Morgan fingerprint density at radius 1 is 1.17 bits per heavy atom. The van der Waals surface area contributed by atoms with Crippen LogP contribution < -0.4 is 10.0 Å². The van der Waals surface area contributed by atoms with Crippen molar-refractivity contribution < 1.29 is 17.6 Å². The minimum absolute atomic E-state index is 0.148. The highest BCUT2D eigenvalue weighted by molar-refractivity contribution is 7.97. The Balaban J connectivity index is 2.06. The molecule has 1 heterocycles. The van der Waals surface area contributed by atoms with Gasteiger partial charge in [-0.25, -0.2) is 13.1 Å². The minimum Gasteiger partial charge on any atom is -0.455 e. The third-order valence-corrected chi connectivity index (χ3v) is 5.23. The van der Waals surface area contributed by atoms with Crippen LogP contribution in [0.1, 0.15) is 30.2 Å². The van der Waals surface area contributed by atoms with E-state index in [1.54, 1.807) is 49.9 Å². The van der Waals surface area contributed by atoms with Crippen LogP contribution in [0.15, 0.2) is 45.7 Å². The molecule has 8 heteroatoms. The highest BCUT2D eigenvalue weighted by Crippen LogP contribution is 2.17. The molecule has 6 nitrogen and oxygen atoms in total. The minimum atomic E-state index is -3.54. The number of carbonyl (C=O) groups is 1. The number of sulfonamides is 1. The van der Waals surface area contributed by atoms with Crippen molar-refractivity contribution in [3.05, 3.63) is 47.9 Å².